The second kappa shape index (κ2) is 8.92. The van der Waals surface area contributed by atoms with Gasteiger partial charge in [0.1, 0.15) is 11.5 Å². The number of carbonyl (C=O) groups excluding carboxylic acids is 1. The van der Waals surface area contributed by atoms with Crippen molar-refractivity contribution in [3.8, 4) is 11.5 Å². The maximum Gasteiger partial charge on any atom is 0.234 e. The fourth-order valence-electron chi connectivity index (χ4n) is 3.42. The maximum atomic E-state index is 12.4. The molecule has 1 atom stereocenters. The van der Waals surface area contributed by atoms with E-state index in [2.05, 4.69) is 10.2 Å². The highest BCUT2D eigenvalue weighted by Gasteiger charge is 2.21. The van der Waals surface area contributed by atoms with Crippen LogP contribution >= 0.6 is 0 Å². The largest absolute Gasteiger partial charge is 0.497 e. The Morgan fingerprint density at radius 2 is 1.96 bits per heavy atom. The summed E-state index contributed by atoms with van der Waals surface area (Å²) in [5.74, 6) is 1.55. The van der Waals surface area contributed by atoms with E-state index in [4.69, 9.17) is 9.47 Å². The molecule has 1 unspecified atom stereocenters. The predicted octanol–water partition coefficient (Wildman–Crippen LogP) is 3.15. The first-order valence-corrected chi connectivity index (χ1v) is 8.76. The van der Waals surface area contributed by atoms with Crippen molar-refractivity contribution < 1.29 is 14.3 Å². The summed E-state index contributed by atoms with van der Waals surface area (Å²) in [6.07, 6.45) is 6.26. The summed E-state index contributed by atoms with van der Waals surface area (Å²) in [6, 6.07) is 6.03. The van der Waals surface area contributed by atoms with Crippen LogP contribution < -0.4 is 14.8 Å². The maximum absolute atomic E-state index is 12.4. The molecular formula is C19H30N2O3. The molecule has 5 nitrogen and oxygen atoms in total. The van der Waals surface area contributed by atoms with Gasteiger partial charge in [-0.15, -0.1) is 0 Å². The summed E-state index contributed by atoms with van der Waals surface area (Å²) >= 11 is 0. The van der Waals surface area contributed by atoms with Crippen molar-refractivity contribution in [3.05, 3.63) is 23.8 Å². The first-order chi connectivity index (χ1) is 11.5. The van der Waals surface area contributed by atoms with E-state index < -0.39 is 0 Å². The minimum Gasteiger partial charge on any atom is -0.497 e. The minimum absolute atomic E-state index is 0.0421. The lowest BCUT2D eigenvalue weighted by Crippen LogP contribution is -2.42. The monoisotopic (exact) mass is 334 g/mol. The molecular weight excluding hydrogens is 304 g/mol. The van der Waals surface area contributed by atoms with Crippen molar-refractivity contribution in [2.45, 2.75) is 51.1 Å². The highest BCUT2D eigenvalue weighted by molar-refractivity contribution is 5.78. The molecule has 1 N–H and O–H groups in total. The zero-order valence-electron chi connectivity index (χ0n) is 15.3. The molecule has 24 heavy (non-hydrogen) atoms. The smallest absolute Gasteiger partial charge is 0.234 e. The lowest BCUT2D eigenvalue weighted by Gasteiger charge is -2.31. The van der Waals surface area contributed by atoms with Gasteiger partial charge in [0.2, 0.25) is 5.91 Å². The van der Waals surface area contributed by atoms with Crippen LogP contribution in [0, 0.1) is 0 Å². The molecule has 0 aromatic heterocycles. The molecule has 1 fully saturated rings. The molecule has 2 rings (SSSR count). The molecule has 1 saturated carbocycles. The molecule has 1 aliphatic rings. The van der Waals surface area contributed by atoms with Crippen molar-refractivity contribution in [3.63, 3.8) is 0 Å². The second-order valence-electron chi connectivity index (χ2n) is 6.60. The number of carbonyl (C=O) groups is 1. The SMILES string of the molecule is COc1ccc(OC)c(C(C)NC(=O)CN(C)C2CCCCC2)c1. The zero-order valence-corrected chi connectivity index (χ0v) is 15.3. The summed E-state index contributed by atoms with van der Waals surface area (Å²) < 4.78 is 10.7. The van der Waals surface area contributed by atoms with E-state index in [1.807, 2.05) is 32.2 Å². The third-order valence-corrected chi connectivity index (χ3v) is 4.87. The number of ether oxygens (including phenoxy) is 2. The first-order valence-electron chi connectivity index (χ1n) is 8.76. The Hall–Kier alpha value is -1.75. The van der Waals surface area contributed by atoms with Crippen LogP contribution in [0.1, 0.15) is 50.6 Å². The fraction of sp³-hybridized carbons (Fsp3) is 0.632. The summed E-state index contributed by atoms with van der Waals surface area (Å²) in [4.78, 5) is 14.6. The van der Waals surface area contributed by atoms with Crippen molar-refractivity contribution in [2.75, 3.05) is 27.8 Å². The van der Waals surface area contributed by atoms with Crippen LogP contribution in [0.4, 0.5) is 0 Å². The Labute approximate surface area is 145 Å². The lowest BCUT2D eigenvalue weighted by atomic mass is 9.94. The van der Waals surface area contributed by atoms with Gasteiger partial charge >= 0.3 is 0 Å². The number of rotatable bonds is 7. The van der Waals surface area contributed by atoms with Gasteiger partial charge < -0.3 is 14.8 Å². The molecule has 0 aliphatic heterocycles. The average molecular weight is 334 g/mol. The van der Waals surface area contributed by atoms with Crippen LogP contribution in [-0.4, -0.2) is 44.7 Å². The van der Waals surface area contributed by atoms with Crippen molar-refractivity contribution in [1.29, 1.82) is 0 Å². The van der Waals surface area contributed by atoms with E-state index in [-0.39, 0.29) is 11.9 Å². The number of nitrogens with one attached hydrogen (secondary N) is 1. The molecule has 1 aromatic carbocycles. The number of nitrogens with zero attached hydrogens (tertiary/aromatic N) is 1. The Morgan fingerprint density at radius 3 is 2.58 bits per heavy atom. The van der Waals surface area contributed by atoms with E-state index in [1.54, 1.807) is 14.2 Å². The molecule has 1 aromatic rings. The molecule has 0 bridgehead atoms. The van der Waals surface area contributed by atoms with Crippen molar-refractivity contribution in [1.82, 2.24) is 10.2 Å². The Balaban J connectivity index is 1.95. The first kappa shape index (κ1) is 18.6. The van der Waals surface area contributed by atoms with Crippen LogP contribution in [0.25, 0.3) is 0 Å². The van der Waals surface area contributed by atoms with Crippen molar-refractivity contribution >= 4 is 5.91 Å². The van der Waals surface area contributed by atoms with Crippen molar-refractivity contribution in [2.24, 2.45) is 0 Å². The summed E-state index contributed by atoms with van der Waals surface area (Å²) in [5, 5.41) is 3.08. The molecule has 1 aliphatic carbocycles. The number of hydrogen-bond donors (Lipinski definition) is 1. The van der Waals surface area contributed by atoms with Gasteiger partial charge in [-0.2, -0.15) is 0 Å². The molecule has 1 amide bonds. The van der Waals surface area contributed by atoms with Gasteiger partial charge in [0.25, 0.3) is 0 Å². The minimum atomic E-state index is -0.137. The van der Waals surface area contributed by atoms with Gasteiger partial charge in [-0.25, -0.2) is 0 Å². The summed E-state index contributed by atoms with van der Waals surface area (Å²) in [6.45, 7) is 2.40. The number of methoxy groups -OCH3 is 2. The molecule has 0 spiro atoms. The number of benzene rings is 1. The third-order valence-electron chi connectivity index (χ3n) is 4.87. The average Bonchev–Trinajstić information content (AvgIpc) is 2.61. The van der Waals surface area contributed by atoms with Crippen LogP contribution in [0.5, 0.6) is 11.5 Å². The molecule has 0 radical (unpaired) electrons. The van der Waals surface area contributed by atoms with E-state index in [1.165, 1.54) is 32.1 Å². The number of hydrogen-bond acceptors (Lipinski definition) is 4. The van der Waals surface area contributed by atoms with Gasteiger partial charge in [-0.3, -0.25) is 9.69 Å². The normalized spacial score (nSPS) is 16.7. The van der Waals surface area contributed by atoms with Crippen LogP contribution in [0.2, 0.25) is 0 Å². The molecule has 0 saturated heterocycles. The standard InChI is InChI=1S/C19H30N2O3/c1-14(17-12-16(23-3)10-11-18(17)24-4)20-19(22)13-21(2)15-8-6-5-7-9-15/h10-12,14-15H,5-9,13H2,1-4H3,(H,20,22). The second-order valence-corrected chi connectivity index (χ2v) is 6.60. The third kappa shape index (κ3) is 4.87. The number of likely N-dealkylation sites (N-methyl/N-ethyl adjacent to an activating group) is 1. The van der Waals surface area contributed by atoms with Gasteiger partial charge in [0.05, 0.1) is 26.8 Å². The predicted molar refractivity (Wildman–Crippen MR) is 95.6 cm³/mol. The lowest BCUT2D eigenvalue weighted by molar-refractivity contribution is -0.123. The van der Waals surface area contributed by atoms with Crippen LogP contribution in [-0.2, 0) is 4.79 Å². The van der Waals surface area contributed by atoms with Gasteiger partial charge in [-0.1, -0.05) is 19.3 Å². The van der Waals surface area contributed by atoms with Crippen LogP contribution in [0.15, 0.2) is 18.2 Å². The Bertz CT molecular complexity index is 541. The van der Waals surface area contributed by atoms with E-state index in [0.717, 1.165) is 17.1 Å². The Morgan fingerprint density at radius 1 is 1.25 bits per heavy atom. The van der Waals surface area contributed by atoms with E-state index in [0.29, 0.717) is 12.6 Å². The zero-order chi connectivity index (χ0) is 17.5. The Kier molecular flexibility index (Phi) is 6.91. The fourth-order valence-corrected chi connectivity index (χ4v) is 3.42. The summed E-state index contributed by atoms with van der Waals surface area (Å²) in [5.41, 5.74) is 0.922. The topological polar surface area (TPSA) is 50.8 Å². The summed E-state index contributed by atoms with van der Waals surface area (Å²) in [7, 11) is 5.32. The van der Waals surface area contributed by atoms with E-state index in [9.17, 15) is 4.79 Å². The molecule has 0 heterocycles. The van der Waals surface area contributed by atoms with Gasteiger partial charge in [0.15, 0.2) is 0 Å². The number of amides is 1. The van der Waals surface area contributed by atoms with E-state index >= 15 is 0 Å². The van der Waals surface area contributed by atoms with Crippen LogP contribution in [0.3, 0.4) is 0 Å². The molecule has 5 heteroatoms. The van der Waals surface area contributed by atoms with Gasteiger partial charge in [-0.05, 0) is 45.0 Å². The van der Waals surface area contributed by atoms with Gasteiger partial charge in [0, 0.05) is 11.6 Å². The highest BCUT2D eigenvalue weighted by atomic mass is 16.5. The highest BCUT2D eigenvalue weighted by Crippen LogP contribution is 2.29. The molecule has 134 valence electrons. The quantitative estimate of drug-likeness (QED) is 0.832.